The van der Waals surface area contributed by atoms with Crippen molar-refractivity contribution >= 4 is 23.3 Å². The Morgan fingerprint density at radius 3 is 2.78 bits per heavy atom. The van der Waals surface area contributed by atoms with E-state index >= 15 is 0 Å². The van der Waals surface area contributed by atoms with E-state index in [9.17, 15) is 4.79 Å². The summed E-state index contributed by atoms with van der Waals surface area (Å²) in [5, 5.41) is 0.486. The van der Waals surface area contributed by atoms with Gasteiger partial charge < -0.3 is 14.4 Å². The van der Waals surface area contributed by atoms with Crippen LogP contribution in [0.2, 0.25) is 5.02 Å². The maximum atomic E-state index is 12.2. The molecule has 5 heteroatoms. The molecule has 0 spiro atoms. The molecule has 1 unspecified atom stereocenters. The van der Waals surface area contributed by atoms with Crippen molar-refractivity contribution in [3.63, 3.8) is 0 Å². The number of anilines is 1. The van der Waals surface area contributed by atoms with Crippen LogP contribution in [0.15, 0.2) is 42.5 Å². The van der Waals surface area contributed by atoms with Crippen molar-refractivity contribution < 1.29 is 14.3 Å². The van der Waals surface area contributed by atoms with Crippen molar-refractivity contribution in [1.29, 1.82) is 0 Å². The van der Waals surface area contributed by atoms with Crippen molar-refractivity contribution in [2.75, 3.05) is 25.1 Å². The highest BCUT2D eigenvalue weighted by Gasteiger charge is 2.30. The zero-order valence-electron chi connectivity index (χ0n) is 13.1. The van der Waals surface area contributed by atoms with Crippen molar-refractivity contribution in [2.24, 2.45) is 0 Å². The van der Waals surface area contributed by atoms with Crippen LogP contribution in [0.3, 0.4) is 0 Å². The zero-order valence-corrected chi connectivity index (χ0v) is 13.8. The molecular weight excluding hydrogens is 314 g/mol. The largest absolute Gasteiger partial charge is 0.481 e. The lowest BCUT2D eigenvalue weighted by molar-refractivity contribution is 0.0518. The van der Waals surface area contributed by atoms with Gasteiger partial charge in [-0.15, -0.1) is 0 Å². The first-order valence-electron chi connectivity index (χ1n) is 7.53. The monoisotopic (exact) mass is 331 g/mol. The maximum absolute atomic E-state index is 12.2. The van der Waals surface area contributed by atoms with E-state index in [1.54, 1.807) is 19.1 Å². The van der Waals surface area contributed by atoms with Crippen molar-refractivity contribution in [3.8, 4) is 5.75 Å². The Labute approximate surface area is 140 Å². The van der Waals surface area contributed by atoms with E-state index in [0.717, 1.165) is 11.3 Å². The third-order valence-corrected chi connectivity index (χ3v) is 4.03. The Morgan fingerprint density at radius 2 is 2.09 bits per heavy atom. The molecule has 1 aliphatic rings. The molecule has 1 atom stereocenters. The molecule has 0 amide bonds. The highest BCUT2D eigenvalue weighted by molar-refractivity contribution is 6.31. The molecule has 0 saturated carbocycles. The van der Waals surface area contributed by atoms with Gasteiger partial charge in [0.15, 0.2) is 5.75 Å². The lowest BCUT2D eigenvalue weighted by Gasteiger charge is -2.35. The third-order valence-electron chi connectivity index (χ3n) is 3.81. The van der Waals surface area contributed by atoms with Crippen LogP contribution in [0.25, 0.3) is 0 Å². The number of halogens is 1. The zero-order chi connectivity index (χ0) is 16.4. The number of ether oxygens (including phenoxy) is 2. The van der Waals surface area contributed by atoms with E-state index in [2.05, 4.69) is 0 Å². The lowest BCUT2D eigenvalue weighted by atomic mass is 10.0. The van der Waals surface area contributed by atoms with Crippen LogP contribution in [-0.4, -0.2) is 26.2 Å². The Morgan fingerprint density at radius 1 is 1.35 bits per heavy atom. The van der Waals surface area contributed by atoms with E-state index in [4.69, 9.17) is 21.1 Å². The summed E-state index contributed by atoms with van der Waals surface area (Å²) < 4.78 is 11.3. The topological polar surface area (TPSA) is 38.8 Å². The van der Waals surface area contributed by atoms with Crippen molar-refractivity contribution in [2.45, 2.75) is 13.0 Å². The van der Waals surface area contributed by atoms with Gasteiger partial charge in [0.05, 0.1) is 18.8 Å². The number of hydrogen-bond acceptors (Lipinski definition) is 4. The predicted molar refractivity (Wildman–Crippen MR) is 90.5 cm³/mol. The Bertz CT molecular complexity index is 718. The third kappa shape index (κ3) is 3.13. The summed E-state index contributed by atoms with van der Waals surface area (Å²) >= 11 is 6.15. The fraction of sp³-hybridized carbons (Fsp3) is 0.278. The van der Waals surface area contributed by atoms with Crippen LogP contribution in [0.1, 0.15) is 28.9 Å². The van der Waals surface area contributed by atoms with E-state index in [-0.39, 0.29) is 6.10 Å². The van der Waals surface area contributed by atoms with Crippen molar-refractivity contribution in [1.82, 2.24) is 0 Å². The van der Waals surface area contributed by atoms with Gasteiger partial charge in [-0.1, -0.05) is 41.9 Å². The van der Waals surface area contributed by atoms with E-state index in [1.807, 2.05) is 42.3 Å². The minimum Gasteiger partial charge on any atom is -0.481 e. The molecule has 0 fully saturated rings. The number of likely N-dealkylation sites (N-methyl/N-ethyl adjacent to an activating group) is 1. The molecule has 0 radical (unpaired) electrons. The van der Waals surface area contributed by atoms with E-state index in [0.29, 0.717) is 29.5 Å². The molecule has 120 valence electrons. The van der Waals surface area contributed by atoms with Gasteiger partial charge in [0.25, 0.3) is 0 Å². The molecule has 0 N–H and O–H groups in total. The number of rotatable bonds is 3. The van der Waals surface area contributed by atoms with Gasteiger partial charge in [-0.25, -0.2) is 4.79 Å². The van der Waals surface area contributed by atoms with Gasteiger partial charge in [0.1, 0.15) is 11.7 Å². The first-order valence-corrected chi connectivity index (χ1v) is 7.91. The Kier molecular flexibility index (Phi) is 4.44. The molecule has 0 bridgehead atoms. The minimum absolute atomic E-state index is 0.150. The second-order valence-corrected chi connectivity index (χ2v) is 5.86. The Balaban J connectivity index is 2.03. The average molecular weight is 332 g/mol. The average Bonchev–Trinajstić information content (AvgIpc) is 2.55. The molecule has 0 aromatic heterocycles. The fourth-order valence-corrected chi connectivity index (χ4v) is 2.93. The number of hydrogen-bond donors (Lipinski definition) is 0. The number of carbonyl (C=O) groups excluding carboxylic acids is 1. The van der Waals surface area contributed by atoms with Crippen LogP contribution < -0.4 is 9.64 Å². The van der Waals surface area contributed by atoms with Gasteiger partial charge in [-0.2, -0.15) is 0 Å². The quantitative estimate of drug-likeness (QED) is 0.794. The summed E-state index contributed by atoms with van der Waals surface area (Å²) in [4.78, 5) is 14.3. The van der Waals surface area contributed by atoms with Gasteiger partial charge >= 0.3 is 5.97 Å². The molecule has 0 saturated heterocycles. The molecule has 4 nitrogen and oxygen atoms in total. The number of benzene rings is 2. The molecule has 1 heterocycles. The normalized spacial score (nSPS) is 16.5. The summed E-state index contributed by atoms with van der Waals surface area (Å²) in [5.41, 5.74) is 2.23. The number of carbonyl (C=O) groups is 1. The summed E-state index contributed by atoms with van der Waals surface area (Å²) in [5.74, 6) is 0.101. The standard InChI is InChI=1S/C18H18ClNO3/c1-3-22-18(21)14-9-13(19)10-15-17(14)23-16(11-20(15)2)12-7-5-4-6-8-12/h4-10,16H,3,11H2,1-2H3. The molecule has 0 aliphatic carbocycles. The molecule has 1 aliphatic heterocycles. The number of fused-ring (bicyclic) bond motifs is 1. The first kappa shape index (κ1) is 15.7. The van der Waals surface area contributed by atoms with Crippen LogP contribution in [0, 0.1) is 0 Å². The van der Waals surface area contributed by atoms with E-state index in [1.165, 1.54) is 0 Å². The van der Waals surface area contributed by atoms with Crippen LogP contribution in [0.4, 0.5) is 5.69 Å². The first-order chi connectivity index (χ1) is 11.1. The maximum Gasteiger partial charge on any atom is 0.342 e. The summed E-state index contributed by atoms with van der Waals surface area (Å²) in [6.07, 6.45) is -0.150. The van der Waals surface area contributed by atoms with Gasteiger partial charge in [-0.3, -0.25) is 0 Å². The van der Waals surface area contributed by atoms with E-state index < -0.39 is 5.97 Å². The minimum atomic E-state index is -0.423. The summed E-state index contributed by atoms with van der Waals surface area (Å²) in [7, 11) is 1.96. The molecule has 3 rings (SSSR count). The number of esters is 1. The highest BCUT2D eigenvalue weighted by Crippen LogP contribution is 2.42. The molecule has 23 heavy (non-hydrogen) atoms. The molecule has 2 aromatic rings. The van der Waals surface area contributed by atoms with Crippen LogP contribution in [0.5, 0.6) is 5.75 Å². The lowest BCUT2D eigenvalue weighted by Crippen LogP contribution is -2.33. The SMILES string of the molecule is CCOC(=O)c1cc(Cl)cc2c1OC(c1ccccc1)CN2C. The summed E-state index contributed by atoms with van der Waals surface area (Å²) in [6.45, 7) is 2.76. The second-order valence-electron chi connectivity index (χ2n) is 5.42. The van der Waals surface area contributed by atoms with Crippen LogP contribution >= 0.6 is 11.6 Å². The predicted octanol–water partition coefficient (Wildman–Crippen LogP) is 4.09. The van der Waals surface area contributed by atoms with Gasteiger partial charge in [0, 0.05) is 12.1 Å². The fourth-order valence-electron chi connectivity index (χ4n) is 2.71. The van der Waals surface area contributed by atoms with Crippen LogP contribution in [-0.2, 0) is 4.74 Å². The Hall–Kier alpha value is -2.20. The van der Waals surface area contributed by atoms with Crippen molar-refractivity contribution in [3.05, 3.63) is 58.6 Å². The molecule has 2 aromatic carbocycles. The molecular formula is C18H18ClNO3. The number of nitrogens with zero attached hydrogens (tertiary/aromatic N) is 1. The van der Waals surface area contributed by atoms with Gasteiger partial charge in [-0.05, 0) is 24.6 Å². The van der Waals surface area contributed by atoms with Gasteiger partial charge in [0.2, 0.25) is 0 Å². The second kappa shape index (κ2) is 6.50. The highest BCUT2D eigenvalue weighted by atomic mass is 35.5. The summed E-state index contributed by atoms with van der Waals surface area (Å²) in [6, 6.07) is 13.4. The smallest absolute Gasteiger partial charge is 0.342 e.